The van der Waals surface area contributed by atoms with Gasteiger partial charge in [-0.05, 0) is 30.7 Å². The number of hydrogen-bond donors (Lipinski definition) is 1. The van der Waals surface area contributed by atoms with E-state index in [-0.39, 0.29) is 11.9 Å². The Bertz CT molecular complexity index is 789. The number of benzene rings is 2. The highest BCUT2D eigenvalue weighted by Crippen LogP contribution is 2.33. The summed E-state index contributed by atoms with van der Waals surface area (Å²) in [5, 5.41) is 6.07. The zero-order valence-corrected chi connectivity index (χ0v) is 13.7. The number of rotatable bonds is 5. The molecule has 0 aliphatic carbocycles. The maximum atomic E-state index is 13.5. The number of nitrogens with zero attached hydrogens (tertiary/aromatic N) is 1. The van der Waals surface area contributed by atoms with Gasteiger partial charge in [0.2, 0.25) is 0 Å². The van der Waals surface area contributed by atoms with Crippen molar-refractivity contribution in [3.63, 3.8) is 0 Å². The topological polar surface area (TPSA) is 34.1 Å². The van der Waals surface area contributed by atoms with E-state index >= 15 is 0 Å². The molecule has 0 unspecified atom stereocenters. The predicted molar refractivity (Wildman–Crippen MR) is 92.5 cm³/mol. The van der Waals surface area contributed by atoms with Gasteiger partial charge in [0.1, 0.15) is 11.6 Å². The highest BCUT2D eigenvalue weighted by Gasteiger charge is 2.13. The molecule has 0 amide bonds. The molecule has 3 rings (SSSR count). The van der Waals surface area contributed by atoms with Crippen LogP contribution in [0.25, 0.3) is 11.3 Å². The summed E-state index contributed by atoms with van der Waals surface area (Å²) in [5.74, 6) is 0.306. The Morgan fingerprint density at radius 3 is 2.70 bits per heavy atom. The summed E-state index contributed by atoms with van der Waals surface area (Å²) in [4.78, 5) is 4.56. The third-order valence-electron chi connectivity index (χ3n) is 3.58. The average Bonchev–Trinajstić information content (AvgIpc) is 3.04. The van der Waals surface area contributed by atoms with Crippen molar-refractivity contribution in [2.45, 2.75) is 13.0 Å². The molecule has 0 fully saturated rings. The molecule has 2 aromatic carbocycles. The lowest BCUT2D eigenvalue weighted by atomic mass is 10.1. The molecule has 1 N–H and O–H groups in total. The van der Waals surface area contributed by atoms with Crippen LogP contribution in [-0.4, -0.2) is 12.1 Å². The summed E-state index contributed by atoms with van der Waals surface area (Å²) in [6, 6.07) is 14.7. The van der Waals surface area contributed by atoms with Crippen molar-refractivity contribution in [1.82, 2.24) is 4.98 Å². The van der Waals surface area contributed by atoms with Crippen molar-refractivity contribution < 1.29 is 9.13 Å². The normalized spacial score (nSPS) is 12.0. The largest absolute Gasteiger partial charge is 0.496 e. The molecule has 0 spiro atoms. The van der Waals surface area contributed by atoms with Crippen LogP contribution in [0.2, 0.25) is 0 Å². The molecule has 0 saturated carbocycles. The number of hydrogen-bond acceptors (Lipinski definition) is 4. The fourth-order valence-corrected chi connectivity index (χ4v) is 3.15. The Morgan fingerprint density at radius 2 is 1.96 bits per heavy atom. The van der Waals surface area contributed by atoms with Gasteiger partial charge in [-0.3, -0.25) is 0 Å². The third kappa shape index (κ3) is 3.51. The second-order valence-corrected chi connectivity index (χ2v) is 6.02. The van der Waals surface area contributed by atoms with Crippen LogP contribution in [0, 0.1) is 5.82 Å². The first-order valence-corrected chi connectivity index (χ1v) is 8.16. The molecule has 3 aromatic rings. The second kappa shape index (κ2) is 6.79. The highest BCUT2D eigenvalue weighted by atomic mass is 32.1. The lowest BCUT2D eigenvalue weighted by molar-refractivity contribution is 0.415. The van der Waals surface area contributed by atoms with Gasteiger partial charge in [-0.15, -0.1) is 11.3 Å². The molecule has 118 valence electrons. The van der Waals surface area contributed by atoms with Crippen LogP contribution in [-0.2, 0) is 0 Å². The lowest BCUT2D eigenvalue weighted by Gasteiger charge is -2.12. The Morgan fingerprint density at radius 1 is 1.17 bits per heavy atom. The third-order valence-corrected chi connectivity index (χ3v) is 4.35. The van der Waals surface area contributed by atoms with Crippen molar-refractivity contribution in [2.75, 3.05) is 12.4 Å². The number of halogens is 1. The zero-order chi connectivity index (χ0) is 16.2. The Labute approximate surface area is 138 Å². The minimum atomic E-state index is -0.305. The van der Waals surface area contributed by atoms with Crippen molar-refractivity contribution in [3.8, 4) is 17.0 Å². The van der Waals surface area contributed by atoms with E-state index < -0.39 is 0 Å². The van der Waals surface area contributed by atoms with Crippen LogP contribution in [0.4, 0.5) is 9.52 Å². The maximum absolute atomic E-state index is 13.5. The fraction of sp³-hybridized carbons (Fsp3) is 0.167. The number of aromatic nitrogens is 1. The van der Waals surface area contributed by atoms with Gasteiger partial charge in [-0.2, -0.15) is 0 Å². The van der Waals surface area contributed by atoms with Gasteiger partial charge in [0, 0.05) is 10.9 Å². The molecule has 0 aliphatic rings. The van der Waals surface area contributed by atoms with Crippen molar-refractivity contribution in [1.29, 1.82) is 0 Å². The number of methoxy groups -OCH3 is 1. The summed E-state index contributed by atoms with van der Waals surface area (Å²) >= 11 is 1.49. The molecule has 1 heterocycles. The van der Waals surface area contributed by atoms with Gasteiger partial charge in [-0.25, -0.2) is 9.37 Å². The molecule has 23 heavy (non-hydrogen) atoms. The summed E-state index contributed by atoms with van der Waals surface area (Å²) in [7, 11) is 1.57. The van der Waals surface area contributed by atoms with Crippen LogP contribution >= 0.6 is 11.3 Å². The number of ether oxygens (including phenoxy) is 1. The van der Waals surface area contributed by atoms with E-state index in [4.69, 9.17) is 4.74 Å². The van der Waals surface area contributed by atoms with Gasteiger partial charge >= 0.3 is 0 Å². The van der Waals surface area contributed by atoms with E-state index in [1.165, 1.54) is 29.0 Å². The fourth-order valence-electron chi connectivity index (χ4n) is 2.35. The molecular formula is C18H17FN2OS. The molecule has 0 saturated heterocycles. The van der Waals surface area contributed by atoms with Crippen LogP contribution in [0.15, 0.2) is 53.9 Å². The standard InChI is InChI=1S/C18H17FN2OS/c1-12(13-6-4-3-5-7-13)20-18-21-16(11-23-18)15-10-14(19)8-9-17(15)22-2/h3-12H,1-2H3,(H,20,21)/t12-/m0/s1. The van der Waals surface area contributed by atoms with E-state index in [0.29, 0.717) is 17.0 Å². The van der Waals surface area contributed by atoms with Gasteiger partial charge in [0.15, 0.2) is 5.13 Å². The molecule has 1 aromatic heterocycles. The van der Waals surface area contributed by atoms with Gasteiger partial charge in [-0.1, -0.05) is 30.3 Å². The maximum Gasteiger partial charge on any atom is 0.183 e. The van der Waals surface area contributed by atoms with Crippen LogP contribution < -0.4 is 10.1 Å². The minimum absolute atomic E-state index is 0.143. The van der Waals surface area contributed by atoms with Gasteiger partial charge in [0.25, 0.3) is 0 Å². The van der Waals surface area contributed by atoms with Gasteiger partial charge < -0.3 is 10.1 Å². The first-order chi connectivity index (χ1) is 11.2. The Balaban J connectivity index is 1.82. The Kier molecular flexibility index (Phi) is 4.57. The predicted octanol–water partition coefficient (Wildman–Crippen LogP) is 5.13. The van der Waals surface area contributed by atoms with E-state index in [1.807, 2.05) is 23.6 Å². The summed E-state index contributed by atoms with van der Waals surface area (Å²) in [6.45, 7) is 2.08. The van der Waals surface area contributed by atoms with E-state index in [9.17, 15) is 4.39 Å². The second-order valence-electron chi connectivity index (χ2n) is 5.16. The molecule has 1 atom stereocenters. The van der Waals surface area contributed by atoms with Crippen LogP contribution in [0.3, 0.4) is 0 Å². The minimum Gasteiger partial charge on any atom is -0.496 e. The highest BCUT2D eigenvalue weighted by molar-refractivity contribution is 7.14. The number of thiazole rings is 1. The van der Waals surface area contributed by atoms with Crippen LogP contribution in [0.1, 0.15) is 18.5 Å². The van der Waals surface area contributed by atoms with Crippen molar-refractivity contribution in [3.05, 3.63) is 65.3 Å². The lowest BCUT2D eigenvalue weighted by Crippen LogP contribution is -2.05. The average molecular weight is 328 g/mol. The zero-order valence-electron chi connectivity index (χ0n) is 12.9. The van der Waals surface area contributed by atoms with Crippen LogP contribution in [0.5, 0.6) is 5.75 Å². The van der Waals surface area contributed by atoms with Crippen molar-refractivity contribution in [2.24, 2.45) is 0 Å². The Hall–Kier alpha value is -2.40. The molecule has 0 aliphatic heterocycles. The summed E-state index contributed by atoms with van der Waals surface area (Å²) in [5.41, 5.74) is 2.55. The first kappa shape index (κ1) is 15.5. The molecule has 3 nitrogen and oxygen atoms in total. The van der Waals surface area contributed by atoms with Gasteiger partial charge in [0.05, 0.1) is 18.8 Å². The molecule has 0 radical (unpaired) electrons. The molecular weight excluding hydrogens is 311 g/mol. The SMILES string of the molecule is COc1ccc(F)cc1-c1csc(N[C@@H](C)c2ccccc2)n1. The first-order valence-electron chi connectivity index (χ1n) is 7.28. The number of anilines is 1. The summed E-state index contributed by atoms with van der Waals surface area (Å²) < 4.78 is 18.8. The molecule has 5 heteroatoms. The quantitative estimate of drug-likeness (QED) is 0.705. The summed E-state index contributed by atoms with van der Waals surface area (Å²) in [6.07, 6.45) is 0. The molecule has 0 bridgehead atoms. The van der Waals surface area contributed by atoms with Crippen molar-refractivity contribution >= 4 is 16.5 Å². The number of nitrogens with one attached hydrogen (secondary N) is 1. The van der Waals surface area contributed by atoms with E-state index in [1.54, 1.807) is 13.2 Å². The van der Waals surface area contributed by atoms with E-state index in [2.05, 4.69) is 29.4 Å². The monoisotopic (exact) mass is 328 g/mol. The smallest absolute Gasteiger partial charge is 0.183 e. The van der Waals surface area contributed by atoms with E-state index in [0.717, 1.165) is 5.13 Å².